The van der Waals surface area contributed by atoms with Crippen molar-refractivity contribution in [3.63, 3.8) is 0 Å². The van der Waals surface area contributed by atoms with Crippen LogP contribution in [0.2, 0.25) is 0 Å². The van der Waals surface area contributed by atoms with Crippen molar-refractivity contribution in [1.82, 2.24) is 0 Å². The molecule has 0 aromatic heterocycles. The Morgan fingerprint density at radius 3 is 2.57 bits per heavy atom. The Morgan fingerprint density at radius 2 is 1.86 bits per heavy atom. The lowest BCUT2D eigenvalue weighted by atomic mass is 10.1. The van der Waals surface area contributed by atoms with Crippen LogP contribution in [0.4, 0.5) is 0 Å². The summed E-state index contributed by atoms with van der Waals surface area (Å²) in [5, 5.41) is 0. The summed E-state index contributed by atoms with van der Waals surface area (Å²) in [6.07, 6.45) is 13.1. The molecule has 0 amide bonds. The van der Waals surface area contributed by atoms with Gasteiger partial charge in [-0.05, 0) is 6.42 Å². The molecule has 2 nitrogen and oxygen atoms in total. The molecule has 80 valence electrons. The number of nitrogens with zero attached hydrogens (tertiary/aromatic N) is 2. The molecule has 0 saturated heterocycles. The van der Waals surface area contributed by atoms with Gasteiger partial charge in [0, 0.05) is 12.4 Å². The lowest BCUT2D eigenvalue weighted by Crippen LogP contribution is -2.13. The Balaban J connectivity index is 1.88. The zero-order valence-electron chi connectivity index (χ0n) is 9.28. The third-order valence-corrected chi connectivity index (χ3v) is 2.68. The normalized spacial score (nSPS) is 20.2. The maximum Gasteiger partial charge on any atom is 0.0695 e. The van der Waals surface area contributed by atoms with Gasteiger partial charge in [-0.2, -0.15) is 0 Å². The highest BCUT2D eigenvalue weighted by atomic mass is 14.9. The first-order valence-corrected chi connectivity index (χ1v) is 5.95. The summed E-state index contributed by atoms with van der Waals surface area (Å²) in [7, 11) is 0. The van der Waals surface area contributed by atoms with Crippen LogP contribution in [0, 0.1) is 0 Å². The van der Waals surface area contributed by atoms with Gasteiger partial charge in [-0.25, -0.2) is 0 Å². The highest BCUT2D eigenvalue weighted by Crippen LogP contribution is 2.11. The van der Waals surface area contributed by atoms with Gasteiger partial charge in [0.1, 0.15) is 0 Å². The highest BCUT2D eigenvalue weighted by Gasteiger charge is 2.05. The van der Waals surface area contributed by atoms with Crippen molar-refractivity contribution in [2.45, 2.75) is 57.9 Å². The van der Waals surface area contributed by atoms with Crippen molar-refractivity contribution >= 4 is 12.4 Å². The molecule has 1 heterocycles. The van der Waals surface area contributed by atoms with Gasteiger partial charge in [-0.1, -0.05) is 45.4 Å². The van der Waals surface area contributed by atoms with E-state index >= 15 is 0 Å². The Labute approximate surface area is 87.5 Å². The lowest BCUT2D eigenvalue weighted by molar-refractivity contribution is 0.540. The Bertz CT molecular complexity index is 185. The van der Waals surface area contributed by atoms with Gasteiger partial charge in [0.2, 0.25) is 0 Å². The number of hydrogen-bond acceptors (Lipinski definition) is 2. The molecule has 0 spiro atoms. The van der Waals surface area contributed by atoms with Crippen LogP contribution in [0.15, 0.2) is 9.98 Å². The molecule has 1 unspecified atom stereocenters. The zero-order valence-corrected chi connectivity index (χ0v) is 9.28. The number of unbranched alkanes of at least 4 members (excludes halogenated alkanes) is 5. The van der Waals surface area contributed by atoms with Crippen LogP contribution in [0.25, 0.3) is 0 Å². The average Bonchev–Trinajstić information content (AvgIpc) is 2.25. The van der Waals surface area contributed by atoms with Gasteiger partial charge in [0.15, 0.2) is 0 Å². The minimum atomic E-state index is 0.478. The highest BCUT2D eigenvalue weighted by molar-refractivity contribution is 6.16. The summed E-state index contributed by atoms with van der Waals surface area (Å²) in [4.78, 5) is 8.60. The summed E-state index contributed by atoms with van der Waals surface area (Å²) in [5.41, 5.74) is 0. The minimum Gasteiger partial charge on any atom is -0.289 e. The van der Waals surface area contributed by atoms with E-state index in [1.54, 1.807) is 6.21 Å². The van der Waals surface area contributed by atoms with Crippen LogP contribution in [0.3, 0.4) is 0 Å². The van der Waals surface area contributed by atoms with Crippen molar-refractivity contribution in [3.8, 4) is 0 Å². The first-order chi connectivity index (χ1) is 6.93. The molecule has 2 heteroatoms. The van der Waals surface area contributed by atoms with Crippen LogP contribution in [0.5, 0.6) is 0 Å². The topological polar surface area (TPSA) is 24.7 Å². The Kier molecular flexibility index (Phi) is 6.29. The summed E-state index contributed by atoms with van der Waals surface area (Å²) in [5.74, 6) is 0. The summed E-state index contributed by atoms with van der Waals surface area (Å²) >= 11 is 0. The third kappa shape index (κ3) is 5.15. The van der Waals surface area contributed by atoms with E-state index < -0.39 is 0 Å². The number of aliphatic imine (C=N–C) groups is 2. The predicted octanol–water partition coefficient (Wildman–Crippen LogP) is 3.26. The van der Waals surface area contributed by atoms with E-state index in [-0.39, 0.29) is 0 Å². The second-order valence-electron chi connectivity index (χ2n) is 4.02. The molecular formula is C12H22N2. The van der Waals surface area contributed by atoms with Gasteiger partial charge in [0.05, 0.1) is 12.6 Å². The fraction of sp³-hybridized carbons (Fsp3) is 0.833. The third-order valence-electron chi connectivity index (χ3n) is 2.68. The number of hydrogen-bond donors (Lipinski definition) is 0. The van der Waals surface area contributed by atoms with Gasteiger partial charge in [-0.15, -0.1) is 0 Å². The van der Waals surface area contributed by atoms with Gasteiger partial charge in [-0.3, -0.25) is 9.98 Å². The molecule has 0 fully saturated rings. The zero-order chi connectivity index (χ0) is 10.1. The molecule has 0 aromatic rings. The molecule has 0 bridgehead atoms. The maximum absolute atomic E-state index is 4.39. The van der Waals surface area contributed by atoms with Gasteiger partial charge < -0.3 is 0 Å². The fourth-order valence-corrected chi connectivity index (χ4v) is 1.76. The molecular weight excluding hydrogens is 172 g/mol. The van der Waals surface area contributed by atoms with Crippen LogP contribution in [-0.2, 0) is 0 Å². The van der Waals surface area contributed by atoms with Crippen LogP contribution in [0.1, 0.15) is 51.9 Å². The quantitative estimate of drug-likeness (QED) is 0.556. The minimum absolute atomic E-state index is 0.478. The smallest absolute Gasteiger partial charge is 0.0695 e. The molecule has 0 saturated carbocycles. The largest absolute Gasteiger partial charge is 0.289 e. The lowest BCUT2D eigenvalue weighted by Gasteiger charge is -2.11. The second-order valence-corrected chi connectivity index (χ2v) is 4.02. The van der Waals surface area contributed by atoms with E-state index in [4.69, 9.17) is 0 Å². The van der Waals surface area contributed by atoms with E-state index in [2.05, 4.69) is 16.9 Å². The van der Waals surface area contributed by atoms with Crippen molar-refractivity contribution < 1.29 is 0 Å². The molecule has 0 aromatic carbocycles. The first-order valence-electron chi connectivity index (χ1n) is 5.95. The molecule has 1 atom stereocenters. The van der Waals surface area contributed by atoms with Crippen molar-refractivity contribution in [1.29, 1.82) is 0 Å². The van der Waals surface area contributed by atoms with E-state index in [0.717, 1.165) is 6.54 Å². The SMILES string of the molecule is CCCCCCCCC1CN=CC=N1. The summed E-state index contributed by atoms with van der Waals surface area (Å²) in [6, 6.07) is 0.478. The van der Waals surface area contributed by atoms with E-state index in [9.17, 15) is 0 Å². The van der Waals surface area contributed by atoms with E-state index in [1.165, 1.54) is 44.9 Å². The standard InChI is InChI=1S/C12H22N2/c1-2-3-4-5-6-7-8-12-11-13-9-10-14-12/h9-10,12H,2-8,11H2,1H3. The summed E-state index contributed by atoms with van der Waals surface area (Å²) < 4.78 is 0. The van der Waals surface area contributed by atoms with Crippen molar-refractivity contribution in [2.24, 2.45) is 9.98 Å². The van der Waals surface area contributed by atoms with Crippen molar-refractivity contribution in [2.75, 3.05) is 6.54 Å². The maximum atomic E-state index is 4.39. The van der Waals surface area contributed by atoms with Gasteiger partial charge >= 0.3 is 0 Å². The average molecular weight is 194 g/mol. The van der Waals surface area contributed by atoms with Crippen LogP contribution >= 0.6 is 0 Å². The molecule has 1 aliphatic rings. The molecule has 0 aliphatic carbocycles. The van der Waals surface area contributed by atoms with Crippen molar-refractivity contribution in [3.05, 3.63) is 0 Å². The first kappa shape index (κ1) is 11.4. The molecule has 0 N–H and O–H groups in total. The van der Waals surface area contributed by atoms with E-state index in [1.807, 2.05) is 6.21 Å². The molecule has 14 heavy (non-hydrogen) atoms. The second kappa shape index (κ2) is 7.72. The van der Waals surface area contributed by atoms with Gasteiger partial charge in [0.25, 0.3) is 0 Å². The Hall–Kier alpha value is -0.660. The predicted molar refractivity (Wildman–Crippen MR) is 63.6 cm³/mol. The molecule has 1 rings (SSSR count). The van der Waals surface area contributed by atoms with E-state index in [0.29, 0.717) is 6.04 Å². The fourth-order valence-electron chi connectivity index (χ4n) is 1.76. The monoisotopic (exact) mass is 194 g/mol. The molecule has 1 aliphatic heterocycles. The Morgan fingerprint density at radius 1 is 1.07 bits per heavy atom. The van der Waals surface area contributed by atoms with Crippen LogP contribution < -0.4 is 0 Å². The van der Waals surface area contributed by atoms with Crippen LogP contribution in [-0.4, -0.2) is 25.0 Å². The summed E-state index contributed by atoms with van der Waals surface area (Å²) in [6.45, 7) is 3.17. The number of rotatable bonds is 7. The molecule has 0 radical (unpaired) electrons.